The number of carboxylic acid groups (broad SMARTS) is 1. The van der Waals surface area contributed by atoms with Gasteiger partial charge in [-0.3, -0.25) is 18.6 Å². The summed E-state index contributed by atoms with van der Waals surface area (Å²) in [6.45, 7) is 2.39. The number of hydrogen-bond acceptors (Lipinski definition) is 8. The standard InChI is InChI=1S/C51H82NO10P/c1-3-5-7-9-11-13-15-17-19-21-22-23-24-25-26-27-28-30-32-34-36-38-40-42-49(54)52-48(51(56)57)46-62-63(58,59)61-45-47(53)44-60-50(55)43-41-39-37-35-33-31-29-20-18-16-14-12-10-8-6-4-2/h5,7,11,13-14,16-17,19-20,22-23,25-26,28-30,34,36,47-48,53H,3-4,6,8-10,12,15,18,21,24,27,31-33,35,37-46H2,1-2H3,(H,52,54)(H,56,57)(H,58,59)/b7-5-,13-11-,16-14-,19-17-,23-22-,26-25-,29-20-,30-28-,36-34-. The van der Waals surface area contributed by atoms with E-state index in [2.05, 4.69) is 116 Å². The number of ether oxygens (including phenoxy) is 1. The Morgan fingerprint density at radius 1 is 0.524 bits per heavy atom. The van der Waals surface area contributed by atoms with Crippen LogP contribution in [0.5, 0.6) is 0 Å². The van der Waals surface area contributed by atoms with Crippen LogP contribution in [0.4, 0.5) is 0 Å². The molecule has 0 spiro atoms. The molecule has 63 heavy (non-hydrogen) atoms. The fourth-order valence-corrected chi connectivity index (χ4v) is 6.46. The third kappa shape index (κ3) is 44.5. The van der Waals surface area contributed by atoms with Crippen molar-refractivity contribution in [2.75, 3.05) is 19.8 Å². The molecule has 0 aromatic rings. The number of carbonyl (C=O) groups is 3. The van der Waals surface area contributed by atoms with Gasteiger partial charge in [0, 0.05) is 12.8 Å². The second-order valence-corrected chi connectivity index (χ2v) is 16.7. The van der Waals surface area contributed by atoms with Crippen molar-refractivity contribution < 1.29 is 47.8 Å². The normalized spacial score (nSPS) is 14.6. The topological polar surface area (TPSA) is 169 Å². The Hall–Kier alpha value is -3.86. The van der Waals surface area contributed by atoms with Crippen molar-refractivity contribution in [3.63, 3.8) is 0 Å². The van der Waals surface area contributed by atoms with E-state index in [9.17, 15) is 34.1 Å². The van der Waals surface area contributed by atoms with Gasteiger partial charge in [-0.25, -0.2) is 9.36 Å². The van der Waals surface area contributed by atoms with E-state index in [0.29, 0.717) is 19.3 Å². The van der Waals surface area contributed by atoms with Crippen molar-refractivity contribution in [3.8, 4) is 0 Å². The van der Waals surface area contributed by atoms with Gasteiger partial charge in [-0.05, 0) is 96.3 Å². The molecule has 3 atom stereocenters. The number of aliphatic hydroxyl groups is 1. The third-order valence-corrected chi connectivity index (χ3v) is 10.2. The molecule has 12 heteroatoms. The van der Waals surface area contributed by atoms with Crippen LogP contribution < -0.4 is 5.32 Å². The predicted molar refractivity (Wildman–Crippen MR) is 258 cm³/mol. The minimum absolute atomic E-state index is 0.0574. The monoisotopic (exact) mass is 900 g/mol. The molecule has 0 rings (SSSR count). The van der Waals surface area contributed by atoms with Crippen LogP contribution in [0.3, 0.4) is 0 Å². The Labute approximate surface area is 380 Å². The molecule has 0 radical (unpaired) electrons. The summed E-state index contributed by atoms with van der Waals surface area (Å²) in [5.41, 5.74) is 0. The van der Waals surface area contributed by atoms with Gasteiger partial charge in [-0.2, -0.15) is 0 Å². The molecule has 4 N–H and O–H groups in total. The molecule has 1 amide bonds. The van der Waals surface area contributed by atoms with Crippen molar-refractivity contribution in [2.24, 2.45) is 0 Å². The molecule has 0 aromatic carbocycles. The molecule has 0 aromatic heterocycles. The Morgan fingerprint density at radius 2 is 0.937 bits per heavy atom. The number of allylic oxidation sites excluding steroid dienone is 18. The smallest absolute Gasteiger partial charge is 0.472 e. The largest absolute Gasteiger partial charge is 0.480 e. The van der Waals surface area contributed by atoms with Crippen LogP contribution in [0.15, 0.2) is 109 Å². The lowest BCUT2D eigenvalue weighted by molar-refractivity contribution is -0.147. The first-order chi connectivity index (χ1) is 30.6. The highest BCUT2D eigenvalue weighted by Gasteiger charge is 2.28. The highest BCUT2D eigenvalue weighted by Crippen LogP contribution is 2.43. The van der Waals surface area contributed by atoms with Gasteiger partial charge in [0.15, 0.2) is 6.04 Å². The second kappa shape index (κ2) is 44.7. The average Bonchev–Trinajstić information content (AvgIpc) is 3.26. The molecule has 0 saturated carbocycles. The third-order valence-electron chi connectivity index (χ3n) is 9.30. The van der Waals surface area contributed by atoms with Crippen LogP contribution in [0, 0.1) is 0 Å². The predicted octanol–water partition coefficient (Wildman–Crippen LogP) is 12.6. The Balaban J connectivity index is 4.03. The van der Waals surface area contributed by atoms with Gasteiger partial charge in [0.1, 0.15) is 12.7 Å². The van der Waals surface area contributed by atoms with Crippen molar-refractivity contribution >= 4 is 25.7 Å². The number of carboxylic acids is 1. The molecule has 0 saturated heterocycles. The van der Waals surface area contributed by atoms with Gasteiger partial charge in [0.2, 0.25) is 5.91 Å². The number of phosphoric acid groups is 1. The van der Waals surface area contributed by atoms with Crippen LogP contribution in [0.25, 0.3) is 0 Å². The lowest BCUT2D eigenvalue weighted by Crippen LogP contribution is -2.43. The molecule has 0 fully saturated rings. The number of rotatable bonds is 42. The molecule has 0 aliphatic carbocycles. The van der Waals surface area contributed by atoms with Gasteiger partial charge in [0.25, 0.3) is 0 Å². The maximum atomic E-state index is 12.3. The molecule has 0 aliphatic rings. The van der Waals surface area contributed by atoms with Gasteiger partial charge >= 0.3 is 19.8 Å². The summed E-state index contributed by atoms with van der Waals surface area (Å²) in [7, 11) is -4.79. The SMILES string of the molecule is CC/C=C\C/C=C\C/C=C\C/C=C\C/C=C\C/C=C\C/C=C\CCCC(=O)NC(COP(=O)(O)OCC(O)COC(=O)CCCCCCC/C=C\C/C=C\CCCCCC)C(=O)O. The summed E-state index contributed by atoms with van der Waals surface area (Å²) in [5, 5.41) is 21.8. The van der Waals surface area contributed by atoms with Crippen LogP contribution in [-0.2, 0) is 32.7 Å². The Morgan fingerprint density at radius 3 is 1.41 bits per heavy atom. The summed E-state index contributed by atoms with van der Waals surface area (Å²) in [6, 6.07) is -1.59. The molecular formula is C51H82NO10P. The van der Waals surface area contributed by atoms with Gasteiger partial charge in [-0.1, -0.05) is 162 Å². The van der Waals surface area contributed by atoms with E-state index < -0.39 is 57.6 Å². The highest BCUT2D eigenvalue weighted by atomic mass is 31.2. The van der Waals surface area contributed by atoms with Gasteiger partial charge in [-0.15, -0.1) is 0 Å². The number of esters is 1. The fourth-order valence-electron chi connectivity index (χ4n) is 5.69. The van der Waals surface area contributed by atoms with Crippen LogP contribution in [0.1, 0.15) is 162 Å². The first-order valence-electron chi connectivity index (χ1n) is 23.4. The number of amides is 1. The number of phosphoric ester groups is 1. The first kappa shape index (κ1) is 59.1. The van der Waals surface area contributed by atoms with Crippen LogP contribution >= 0.6 is 7.82 Å². The van der Waals surface area contributed by atoms with E-state index in [-0.39, 0.29) is 12.8 Å². The van der Waals surface area contributed by atoms with E-state index in [0.717, 1.165) is 89.9 Å². The summed E-state index contributed by atoms with van der Waals surface area (Å²) >= 11 is 0. The first-order valence-corrected chi connectivity index (χ1v) is 24.9. The quantitative estimate of drug-likeness (QED) is 0.0200. The number of aliphatic hydroxyl groups excluding tert-OH is 1. The minimum atomic E-state index is -4.79. The second-order valence-electron chi connectivity index (χ2n) is 15.2. The molecule has 0 heterocycles. The van der Waals surface area contributed by atoms with E-state index in [4.69, 9.17) is 13.8 Å². The van der Waals surface area contributed by atoms with Crippen LogP contribution in [-0.4, -0.2) is 64.9 Å². The van der Waals surface area contributed by atoms with E-state index >= 15 is 0 Å². The zero-order valence-corrected chi connectivity index (χ0v) is 39.5. The highest BCUT2D eigenvalue weighted by molar-refractivity contribution is 7.47. The zero-order chi connectivity index (χ0) is 46.3. The fraction of sp³-hybridized carbons (Fsp3) is 0.588. The van der Waals surface area contributed by atoms with E-state index in [1.165, 1.54) is 25.7 Å². The van der Waals surface area contributed by atoms with Crippen molar-refractivity contribution in [3.05, 3.63) is 109 Å². The molecule has 356 valence electrons. The molecule has 0 bridgehead atoms. The maximum Gasteiger partial charge on any atom is 0.472 e. The number of unbranched alkanes of at least 4 members (excludes halogenated alkanes) is 10. The lowest BCUT2D eigenvalue weighted by atomic mass is 10.1. The number of nitrogens with one attached hydrogen (secondary N) is 1. The summed E-state index contributed by atoms with van der Waals surface area (Å²) < 4.78 is 26.8. The number of aliphatic carboxylic acids is 1. The summed E-state index contributed by atoms with van der Waals surface area (Å²) in [6.07, 6.45) is 58.3. The maximum absolute atomic E-state index is 12.3. The summed E-state index contributed by atoms with van der Waals surface area (Å²) in [4.78, 5) is 46.0. The Kier molecular flexibility index (Phi) is 42.0. The minimum Gasteiger partial charge on any atom is -0.480 e. The Bertz CT molecular complexity index is 1480. The zero-order valence-electron chi connectivity index (χ0n) is 38.6. The van der Waals surface area contributed by atoms with Crippen molar-refractivity contribution in [1.29, 1.82) is 0 Å². The van der Waals surface area contributed by atoms with Gasteiger partial charge in [0.05, 0.1) is 13.2 Å². The number of hydrogen-bond donors (Lipinski definition) is 4. The van der Waals surface area contributed by atoms with E-state index in [1.54, 1.807) is 0 Å². The van der Waals surface area contributed by atoms with Crippen LogP contribution in [0.2, 0.25) is 0 Å². The number of carbonyl (C=O) groups excluding carboxylic acids is 2. The summed E-state index contributed by atoms with van der Waals surface area (Å²) in [5.74, 6) is -2.49. The molecule has 3 unspecified atom stereocenters. The molecule has 11 nitrogen and oxygen atoms in total. The molecule has 0 aliphatic heterocycles. The van der Waals surface area contributed by atoms with Gasteiger partial charge < -0.3 is 25.2 Å². The van der Waals surface area contributed by atoms with Crippen molar-refractivity contribution in [1.82, 2.24) is 5.32 Å². The lowest BCUT2D eigenvalue weighted by Gasteiger charge is -2.18. The average molecular weight is 900 g/mol. The van der Waals surface area contributed by atoms with Crippen molar-refractivity contribution in [2.45, 2.75) is 174 Å². The van der Waals surface area contributed by atoms with E-state index in [1.807, 2.05) is 12.2 Å². The molecular weight excluding hydrogens is 818 g/mol.